The number of para-hydroxylation sites is 1. The molecule has 0 amide bonds. The maximum Gasteiger partial charge on any atom is 0.166 e. The van der Waals surface area contributed by atoms with Crippen LogP contribution in [-0.4, -0.2) is 16.4 Å². The lowest BCUT2D eigenvalue weighted by molar-refractivity contribution is 0.403. The molecule has 2 rings (SSSR count). The molecular formula is C13H11ClN2O2. The number of phenols is 2. The van der Waals surface area contributed by atoms with E-state index in [0.29, 0.717) is 10.6 Å². The molecule has 2 aromatic rings. The summed E-state index contributed by atoms with van der Waals surface area (Å²) in [6, 6.07) is 11.8. The number of hydrazone groups is 1. The molecule has 0 atom stereocenters. The first kappa shape index (κ1) is 12.3. The number of nitrogens with zero attached hydrogens (tertiary/aromatic N) is 1. The highest BCUT2D eigenvalue weighted by Gasteiger charge is 2.02. The maximum atomic E-state index is 9.55. The summed E-state index contributed by atoms with van der Waals surface area (Å²) >= 11 is 5.82. The van der Waals surface area contributed by atoms with Crippen LogP contribution >= 0.6 is 11.6 Å². The van der Waals surface area contributed by atoms with Crippen LogP contribution in [0.5, 0.6) is 11.5 Å². The summed E-state index contributed by atoms with van der Waals surface area (Å²) in [5.74, 6) is -0.379. The molecule has 0 unspecified atom stereocenters. The normalized spacial score (nSPS) is 10.7. The van der Waals surface area contributed by atoms with Crippen molar-refractivity contribution < 1.29 is 10.2 Å². The van der Waals surface area contributed by atoms with Crippen LogP contribution in [0.3, 0.4) is 0 Å². The topological polar surface area (TPSA) is 64.9 Å². The summed E-state index contributed by atoms with van der Waals surface area (Å²) in [4.78, 5) is 0. The number of hydrogen-bond donors (Lipinski definition) is 3. The lowest BCUT2D eigenvalue weighted by atomic mass is 10.2. The average Bonchev–Trinajstić information content (AvgIpc) is 2.35. The van der Waals surface area contributed by atoms with E-state index in [1.807, 2.05) is 6.07 Å². The van der Waals surface area contributed by atoms with E-state index in [-0.39, 0.29) is 11.5 Å². The largest absolute Gasteiger partial charge is 0.504 e. The van der Waals surface area contributed by atoms with Crippen molar-refractivity contribution in [3.8, 4) is 11.5 Å². The second-order valence-electron chi connectivity index (χ2n) is 3.60. The predicted molar refractivity (Wildman–Crippen MR) is 72.4 cm³/mol. The van der Waals surface area contributed by atoms with Crippen molar-refractivity contribution in [2.24, 2.45) is 5.10 Å². The van der Waals surface area contributed by atoms with E-state index in [4.69, 9.17) is 11.6 Å². The van der Waals surface area contributed by atoms with E-state index in [2.05, 4.69) is 10.5 Å². The monoisotopic (exact) mass is 262 g/mol. The van der Waals surface area contributed by atoms with Crippen LogP contribution in [0.25, 0.3) is 0 Å². The Morgan fingerprint density at radius 3 is 2.67 bits per heavy atom. The zero-order chi connectivity index (χ0) is 13.0. The molecule has 0 heterocycles. The van der Waals surface area contributed by atoms with Gasteiger partial charge in [0.2, 0.25) is 0 Å². The first-order valence-corrected chi connectivity index (χ1v) is 5.60. The summed E-state index contributed by atoms with van der Waals surface area (Å²) in [5, 5.41) is 23.4. The fourth-order valence-corrected chi connectivity index (χ4v) is 1.58. The minimum atomic E-state index is -0.200. The van der Waals surface area contributed by atoms with E-state index < -0.39 is 0 Å². The van der Waals surface area contributed by atoms with Crippen LogP contribution in [0.1, 0.15) is 5.56 Å². The van der Waals surface area contributed by atoms with Crippen LogP contribution in [0.4, 0.5) is 5.69 Å². The summed E-state index contributed by atoms with van der Waals surface area (Å²) in [5.41, 5.74) is 3.93. The minimum Gasteiger partial charge on any atom is -0.504 e. The predicted octanol–water partition coefficient (Wildman–Crippen LogP) is 3.20. The molecule has 0 bridgehead atoms. The Morgan fingerprint density at radius 2 is 1.89 bits per heavy atom. The SMILES string of the molecule is Oc1cccc(/C=N/Nc2cccc(Cl)c2)c1O. The number of nitrogens with one attached hydrogen (secondary N) is 1. The Morgan fingerprint density at radius 1 is 1.11 bits per heavy atom. The van der Waals surface area contributed by atoms with Gasteiger partial charge >= 0.3 is 0 Å². The van der Waals surface area contributed by atoms with Crippen molar-refractivity contribution in [3.05, 3.63) is 53.1 Å². The molecule has 18 heavy (non-hydrogen) atoms. The standard InChI is InChI=1S/C13H11ClN2O2/c14-10-4-2-5-11(7-10)16-15-8-9-3-1-6-12(17)13(9)18/h1-8,16-18H/b15-8+. The molecule has 0 fully saturated rings. The average molecular weight is 263 g/mol. The zero-order valence-corrected chi connectivity index (χ0v) is 10.1. The highest BCUT2D eigenvalue weighted by Crippen LogP contribution is 2.26. The van der Waals surface area contributed by atoms with Crippen LogP contribution in [0.2, 0.25) is 5.02 Å². The van der Waals surface area contributed by atoms with Gasteiger partial charge in [-0.1, -0.05) is 23.7 Å². The van der Waals surface area contributed by atoms with Gasteiger partial charge in [0.25, 0.3) is 0 Å². The Balaban J connectivity index is 2.10. The summed E-state index contributed by atoms with van der Waals surface area (Å²) in [7, 11) is 0. The van der Waals surface area contributed by atoms with E-state index >= 15 is 0 Å². The van der Waals surface area contributed by atoms with E-state index in [9.17, 15) is 10.2 Å². The fraction of sp³-hybridized carbons (Fsp3) is 0. The lowest BCUT2D eigenvalue weighted by Gasteiger charge is -2.02. The molecule has 0 spiro atoms. The molecule has 0 aliphatic rings. The highest BCUT2D eigenvalue weighted by atomic mass is 35.5. The van der Waals surface area contributed by atoms with Crippen LogP contribution in [-0.2, 0) is 0 Å². The third-order valence-electron chi connectivity index (χ3n) is 2.27. The number of benzene rings is 2. The minimum absolute atomic E-state index is 0.179. The van der Waals surface area contributed by atoms with Crippen LogP contribution in [0, 0.1) is 0 Å². The number of anilines is 1. The summed E-state index contributed by atoms with van der Waals surface area (Å²) in [6.45, 7) is 0. The first-order chi connectivity index (χ1) is 8.66. The van der Waals surface area contributed by atoms with Gasteiger partial charge in [0.1, 0.15) is 0 Å². The molecular weight excluding hydrogens is 252 g/mol. The van der Waals surface area contributed by atoms with Crippen molar-refractivity contribution in [1.29, 1.82) is 0 Å². The van der Waals surface area contributed by atoms with Gasteiger partial charge in [-0.05, 0) is 30.3 Å². The second kappa shape index (κ2) is 5.42. The van der Waals surface area contributed by atoms with Crippen molar-refractivity contribution in [3.63, 3.8) is 0 Å². The van der Waals surface area contributed by atoms with Gasteiger partial charge in [-0.15, -0.1) is 0 Å². The van der Waals surface area contributed by atoms with Crippen molar-refractivity contribution in [2.75, 3.05) is 5.43 Å². The Kier molecular flexibility index (Phi) is 3.69. The molecule has 0 aromatic heterocycles. The Bertz CT molecular complexity index is 585. The third kappa shape index (κ3) is 2.93. The molecule has 0 aliphatic carbocycles. The molecule has 0 saturated carbocycles. The zero-order valence-electron chi connectivity index (χ0n) is 9.34. The van der Waals surface area contributed by atoms with Crippen LogP contribution in [0.15, 0.2) is 47.6 Å². The molecule has 92 valence electrons. The molecule has 0 saturated heterocycles. The number of phenolic OH excluding ortho intramolecular Hbond substituents is 2. The number of halogens is 1. The molecule has 4 nitrogen and oxygen atoms in total. The van der Waals surface area contributed by atoms with Crippen molar-refractivity contribution in [1.82, 2.24) is 0 Å². The smallest absolute Gasteiger partial charge is 0.166 e. The van der Waals surface area contributed by atoms with Crippen molar-refractivity contribution in [2.45, 2.75) is 0 Å². The van der Waals surface area contributed by atoms with Crippen LogP contribution < -0.4 is 5.43 Å². The van der Waals surface area contributed by atoms with Gasteiger partial charge in [-0.25, -0.2) is 0 Å². The van der Waals surface area contributed by atoms with E-state index in [1.54, 1.807) is 30.3 Å². The van der Waals surface area contributed by atoms with Gasteiger partial charge in [0, 0.05) is 10.6 Å². The van der Waals surface area contributed by atoms with Gasteiger partial charge in [0.15, 0.2) is 11.5 Å². The molecule has 5 heteroatoms. The van der Waals surface area contributed by atoms with Gasteiger partial charge in [-0.2, -0.15) is 5.10 Å². The van der Waals surface area contributed by atoms with E-state index in [1.165, 1.54) is 12.3 Å². The van der Waals surface area contributed by atoms with Crippen molar-refractivity contribution >= 4 is 23.5 Å². The maximum absolute atomic E-state index is 9.55. The Hall–Kier alpha value is -2.20. The van der Waals surface area contributed by atoms with Gasteiger partial charge < -0.3 is 10.2 Å². The first-order valence-electron chi connectivity index (χ1n) is 5.22. The van der Waals surface area contributed by atoms with Gasteiger partial charge in [0.05, 0.1) is 11.9 Å². The fourth-order valence-electron chi connectivity index (χ4n) is 1.39. The van der Waals surface area contributed by atoms with Gasteiger partial charge in [-0.3, -0.25) is 5.43 Å². The molecule has 2 aromatic carbocycles. The highest BCUT2D eigenvalue weighted by molar-refractivity contribution is 6.30. The summed E-state index contributed by atoms with van der Waals surface area (Å²) < 4.78 is 0. The number of aromatic hydroxyl groups is 2. The molecule has 0 radical (unpaired) electrons. The van der Waals surface area contributed by atoms with E-state index in [0.717, 1.165) is 5.69 Å². The summed E-state index contributed by atoms with van der Waals surface area (Å²) in [6.07, 6.45) is 1.41. The Labute approximate surface area is 109 Å². The quantitative estimate of drug-likeness (QED) is 0.452. The second-order valence-corrected chi connectivity index (χ2v) is 4.03. The molecule has 0 aliphatic heterocycles. The lowest BCUT2D eigenvalue weighted by Crippen LogP contribution is -1.90. The third-order valence-corrected chi connectivity index (χ3v) is 2.50. The number of hydrogen-bond acceptors (Lipinski definition) is 4. The molecule has 3 N–H and O–H groups in total. The number of rotatable bonds is 3.